The number of halogens is 3. The molecule has 14 heteroatoms. The Morgan fingerprint density at radius 3 is 2.53 bits per heavy atom. The highest BCUT2D eigenvalue weighted by Crippen LogP contribution is 2.37. The van der Waals surface area contributed by atoms with Crippen molar-refractivity contribution in [3.05, 3.63) is 76.5 Å². The molecular formula is C22H21F3N6O4S. The molecule has 4 heterocycles. The molecule has 0 radical (unpaired) electrons. The molecule has 1 fully saturated rings. The number of rotatable bonds is 6. The van der Waals surface area contributed by atoms with Crippen LogP contribution in [-0.4, -0.2) is 52.4 Å². The molecule has 1 N–H and O–H groups in total. The SMILES string of the molecule is CNS(=O)(=O)c1cc(C(F)(F)F)c2cn(-c3cccc(C4(Cc5nncn5C)COC4)c3)c(=O)n2c1. The van der Waals surface area contributed by atoms with Gasteiger partial charge in [-0.25, -0.2) is 17.9 Å². The quantitative estimate of drug-likeness (QED) is 0.412. The second-order valence-corrected chi connectivity index (χ2v) is 10.6. The molecule has 5 rings (SSSR count). The summed E-state index contributed by atoms with van der Waals surface area (Å²) in [4.78, 5) is 12.5. The number of alkyl halides is 3. The Balaban J connectivity index is 1.65. The summed E-state index contributed by atoms with van der Waals surface area (Å²) in [6.07, 6.45) is -0.843. The second-order valence-electron chi connectivity index (χ2n) is 8.69. The summed E-state index contributed by atoms with van der Waals surface area (Å²) in [7, 11) is -1.34. The molecule has 36 heavy (non-hydrogen) atoms. The maximum absolute atomic E-state index is 13.9. The van der Waals surface area contributed by atoms with Gasteiger partial charge in [0.05, 0.1) is 34.9 Å². The second kappa shape index (κ2) is 8.28. The predicted octanol–water partition coefficient (Wildman–Crippen LogP) is 1.66. The number of fused-ring (bicyclic) bond motifs is 1. The Kier molecular flexibility index (Phi) is 5.57. The van der Waals surface area contributed by atoms with Gasteiger partial charge in [0.15, 0.2) is 0 Å². The molecule has 3 aromatic heterocycles. The number of hydrogen-bond acceptors (Lipinski definition) is 6. The number of pyridine rings is 1. The monoisotopic (exact) mass is 522 g/mol. The Morgan fingerprint density at radius 1 is 1.19 bits per heavy atom. The number of nitrogens with zero attached hydrogens (tertiary/aromatic N) is 5. The summed E-state index contributed by atoms with van der Waals surface area (Å²) in [6, 6.07) is 7.40. The lowest BCUT2D eigenvalue weighted by molar-refractivity contribution is -0.136. The number of aromatic nitrogens is 5. The van der Waals surface area contributed by atoms with Gasteiger partial charge in [-0.3, -0.25) is 8.97 Å². The van der Waals surface area contributed by atoms with Gasteiger partial charge < -0.3 is 9.30 Å². The molecule has 10 nitrogen and oxygen atoms in total. The molecule has 1 aromatic carbocycles. The average molecular weight is 523 g/mol. The van der Waals surface area contributed by atoms with E-state index in [0.29, 0.717) is 35.8 Å². The first-order chi connectivity index (χ1) is 16.9. The van der Waals surface area contributed by atoms with Crippen LogP contribution in [0.3, 0.4) is 0 Å². The van der Waals surface area contributed by atoms with Gasteiger partial charge in [-0.2, -0.15) is 13.2 Å². The molecular weight excluding hydrogens is 501 g/mol. The van der Waals surface area contributed by atoms with Gasteiger partial charge in [0, 0.05) is 31.3 Å². The third-order valence-electron chi connectivity index (χ3n) is 6.42. The third kappa shape index (κ3) is 3.90. The summed E-state index contributed by atoms with van der Waals surface area (Å²) in [6.45, 7) is 0.804. The van der Waals surface area contributed by atoms with Crippen molar-refractivity contribution in [1.29, 1.82) is 0 Å². The zero-order chi connectivity index (χ0) is 25.9. The van der Waals surface area contributed by atoms with Crippen LogP contribution in [0.5, 0.6) is 0 Å². The van der Waals surface area contributed by atoms with Crippen molar-refractivity contribution in [2.24, 2.45) is 7.05 Å². The molecule has 0 saturated carbocycles. The fourth-order valence-electron chi connectivity index (χ4n) is 4.32. The maximum atomic E-state index is 13.9. The number of imidazole rings is 1. The number of sulfonamides is 1. The Hall–Kier alpha value is -3.49. The first-order valence-electron chi connectivity index (χ1n) is 10.8. The van der Waals surface area contributed by atoms with Crippen LogP contribution in [0.25, 0.3) is 11.2 Å². The Labute approximate surface area is 203 Å². The molecule has 1 aliphatic heterocycles. The minimum atomic E-state index is -4.89. The normalized spacial score (nSPS) is 15.8. The standard InChI is InChI=1S/C22H21F3N6O4S/c1-26-36(33,34)16-7-17(22(23,24)25)18-10-30(20(32)31(18)9-16)15-5-3-4-14(6-15)21(11-35-12-21)8-19-28-27-13-29(19)2/h3-7,9-10,13,26H,8,11-12H2,1-2H3. The van der Waals surface area contributed by atoms with Gasteiger partial charge in [0.25, 0.3) is 0 Å². The lowest BCUT2D eigenvalue weighted by Gasteiger charge is -2.41. The lowest BCUT2D eigenvalue weighted by Crippen LogP contribution is -2.49. The van der Waals surface area contributed by atoms with Crippen LogP contribution in [0.1, 0.15) is 17.0 Å². The van der Waals surface area contributed by atoms with E-state index < -0.39 is 43.3 Å². The highest BCUT2D eigenvalue weighted by atomic mass is 32.2. The van der Waals surface area contributed by atoms with E-state index >= 15 is 0 Å². The minimum absolute atomic E-state index is 0.330. The van der Waals surface area contributed by atoms with Gasteiger partial charge in [-0.15, -0.1) is 10.2 Å². The molecule has 0 aliphatic carbocycles. The van der Waals surface area contributed by atoms with Crippen LogP contribution in [0.4, 0.5) is 13.2 Å². The van der Waals surface area contributed by atoms with Gasteiger partial charge in [0.1, 0.15) is 12.2 Å². The van der Waals surface area contributed by atoms with E-state index in [0.717, 1.165) is 35.4 Å². The van der Waals surface area contributed by atoms with Gasteiger partial charge >= 0.3 is 11.9 Å². The molecule has 1 saturated heterocycles. The van der Waals surface area contributed by atoms with E-state index in [1.165, 1.54) is 0 Å². The van der Waals surface area contributed by atoms with Crippen LogP contribution in [0.15, 0.2) is 58.7 Å². The van der Waals surface area contributed by atoms with Crippen molar-refractivity contribution >= 4 is 15.5 Å². The molecule has 4 aromatic rings. The van der Waals surface area contributed by atoms with E-state index in [1.807, 2.05) is 17.8 Å². The van der Waals surface area contributed by atoms with Crippen LogP contribution in [0.2, 0.25) is 0 Å². The number of aryl methyl sites for hydroxylation is 1. The van der Waals surface area contributed by atoms with Crippen LogP contribution < -0.4 is 10.4 Å². The number of ether oxygens (including phenoxy) is 1. The molecule has 0 unspecified atom stereocenters. The zero-order valence-corrected chi connectivity index (χ0v) is 20.0. The number of nitrogens with one attached hydrogen (secondary N) is 1. The predicted molar refractivity (Wildman–Crippen MR) is 121 cm³/mol. The molecule has 0 atom stereocenters. The van der Waals surface area contributed by atoms with E-state index in [2.05, 4.69) is 10.2 Å². The van der Waals surface area contributed by atoms with Crippen molar-refractivity contribution in [3.63, 3.8) is 0 Å². The van der Waals surface area contributed by atoms with E-state index in [9.17, 15) is 26.4 Å². The van der Waals surface area contributed by atoms with E-state index in [-0.39, 0.29) is 0 Å². The Morgan fingerprint density at radius 2 is 1.94 bits per heavy atom. The van der Waals surface area contributed by atoms with Crippen molar-refractivity contribution in [2.45, 2.75) is 22.9 Å². The lowest BCUT2D eigenvalue weighted by atomic mass is 9.75. The summed E-state index contributed by atoms with van der Waals surface area (Å²) in [5.74, 6) is 0.739. The van der Waals surface area contributed by atoms with Crippen molar-refractivity contribution in [2.75, 3.05) is 20.3 Å². The third-order valence-corrected chi connectivity index (χ3v) is 7.80. The highest BCUT2D eigenvalue weighted by Gasteiger charge is 2.42. The van der Waals surface area contributed by atoms with Crippen LogP contribution >= 0.6 is 0 Å². The fourth-order valence-corrected chi connectivity index (χ4v) is 5.07. The van der Waals surface area contributed by atoms with Gasteiger partial charge in [-0.1, -0.05) is 12.1 Å². The topological polar surface area (TPSA) is 113 Å². The van der Waals surface area contributed by atoms with E-state index in [4.69, 9.17) is 4.74 Å². The van der Waals surface area contributed by atoms with Gasteiger partial charge in [-0.05, 0) is 30.8 Å². The van der Waals surface area contributed by atoms with Gasteiger partial charge in [0.2, 0.25) is 10.0 Å². The summed E-state index contributed by atoms with van der Waals surface area (Å²) >= 11 is 0. The van der Waals surface area contributed by atoms with Crippen molar-refractivity contribution in [1.82, 2.24) is 28.5 Å². The maximum Gasteiger partial charge on any atom is 0.418 e. The smallest absolute Gasteiger partial charge is 0.379 e. The highest BCUT2D eigenvalue weighted by molar-refractivity contribution is 7.89. The molecule has 190 valence electrons. The first kappa shape index (κ1) is 24.2. The molecule has 0 amide bonds. The molecule has 0 spiro atoms. The minimum Gasteiger partial charge on any atom is -0.379 e. The summed E-state index contributed by atoms with van der Waals surface area (Å²) in [5, 5.41) is 8.04. The average Bonchev–Trinajstić information content (AvgIpc) is 3.37. The Bertz CT molecular complexity index is 1630. The van der Waals surface area contributed by atoms with Crippen molar-refractivity contribution < 1.29 is 26.3 Å². The number of hydrogen-bond donors (Lipinski definition) is 1. The van der Waals surface area contributed by atoms with Crippen LogP contribution in [-0.2, 0) is 39.8 Å². The molecule has 0 bridgehead atoms. The van der Waals surface area contributed by atoms with Crippen LogP contribution in [0, 0.1) is 0 Å². The van der Waals surface area contributed by atoms with E-state index in [1.54, 1.807) is 29.1 Å². The zero-order valence-electron chi connectivity index (χ0n) is 19.2. The fraction of sp³-hybridized carbons (Fsp3) is 0.318. The summed E-state index contributed by atoms with van der Waals surface area (Å²) in [5.41, 5.74) is -1.83. The van der Waals surface area contributed by atoms with Crippen molar-refractivity contribution in [3.8, 4) is 5.69 Å². The summed E-state index contributed by atoms with van der Waals surface area (Å²) < 4.78 is 77.1. The number of benzene rings is 1. The first-order valence-corrected chi connectivity index (χ1v) is 12.2. The largest absolute Gasteiger partial charge is 0.418 e. The molecule has 1 aliphatic rings.